The summed E-state index contributed by atoms with van der Waals surface area (Å²) in [5, 5.41) is 11.9. The molecule has 2 N–H and O–H groups in total. The molecule has 1 atom stereocenters. The normalized spacial score (nSPS) is 11.6. The van der Waals surface area contributed by atoms with Gasteiger partial charge < -0.3 is 15.2 Å². The molecular formula is C19H19F2NO4. The lowest BCUT2D eigenvalue weighted by atomic mass is 9.99. The number of carbonyl (C=O) groups excluding carboxylic acids is 1. The third-order valence-electron chi connectivity index (χ3n) is 3.70. The Morgan fingerprint density at radius 2 is 1.85 bits per heavy atom. The van der Waals surface area contributed by atoms with Crippen LogP contribution < -0.4 is 10.1 Å². The van der Waals surface area contributed by atoms with E-state index >= 15 is 0 Å². The van der Waals surface area contributed by atoms with Crippen LogP contribution in [0, 0.1) is 11.6 Å². The molecule has 0 spiro atoms. The lowest BCUT2D eigenvalue weighted by molar-refractivity contribution is -0.138. The van der Waals surface area contributed by atoms with Gasteiger partial charge in [-0.25, -0.2) is 8.78 Å². The van der Waals surface area contributed by atoms with Crippen molar-refractivity contribution in [2.24, 2.45) is 0 Å². The monoisotopic (exact) mass is 363 g/mol. The van der Waals surface area contributed by atoms with E-state index in [0.717, 1.165) is 12.1 Å². The third kappa shape index (κ3) is 5.84. The Labute approximate surface area is 149 Å². The molecule has 0 saturated heterocycles. The number of ether oxygens (including phenoxy) is 1. The molecule has 0 aliphatic carbocycles. The Balaban J connectivity index is 1.73. The second-order valence-electron chi connectivity index (χ2n) is 5.63. The number of nitrogens with one attached hydrogen (secondary N) is 1. The fourth-order valence-electron chi connectivity index (χ4n) is 2.34. The minimum Gasteiger partial charge on any atom is -0.491 e. The minimum atomic E-state index is -1.02. The largest absolute Gasteiger partial charge is 0.491 e. The van der Waals surface area contributed by atoms with E-state index in [-0.39, 0.29) is 31.2 Å². The lowest BCUT2D eigenvalue weighted by Gasteiger charge is -2.14. The molecule has 1 amide bonds. The Kier molecular flexibility index (Phi) is 7.08. The van der Waals surface area contributed by atoms with Crippen LogP contribution in [0.4, 0.5) is 8.78 Å². The molecule has 2 aromatic carbocycles. The number of hydrogen-bond acceptors (Lipinski definition) is 3. The maximum absolute atomic E-state index is 13.4. The van der Waals surface area contributed by atoms with Crippen molar-refractivity contribution in [3.63, 3.8) is 0 Å². The molecule has 0 saturated carbocycles. The molecule has 0 aliphatic heterocycles. The summed E-state index contributed by atoms with van der Waals surface area (Å²) in [6.45, 7) is 0.0582. The molecule has 0 radical (unpaired) electrons. The molecule has 2 rings (SSSR count). The molecule has 5 nitrogen and oxygen atoms in total. The van der Waals surface area contributed by atoms with E-state index < -0.39 is 23.5 Å². The van der Waals surface area contributed by atoms with Crippen LogP contribution in [0.2, 0.25) is 0 Å². The van der Waals surface area contributed by atoms with Gasteiger partial charge in [0.15, 0.2) is 11.6 Å². The fourth-order valence-corrected chi connectivity index (χ4v) is 2.34. The predicted octanol–water partition coefficient (Wildman–Crippen LogP) is 3.11. The number of carboxylic acids is 1. The van der Waals surface area contributed by atoms with Gasteiger partial charge in [-0.15, -0.1) is 0 Å². The van der Waals surface area contributed by atoms with Crippen LogP contribution in [0.1, 0.15) is 24.3 Å². The number of hydrogen-bond donors (Lipinski definition) is 2. The van der Waals surface area contributed by atoms with Crippen molar-refractivity contribution in [1.29, 1.82) is 0 Å². The molecule has 138 valence electrons. The van der Waals surface area contributed by atoms with E-state index in [1.165, 1.54) is 6.07 Å². The molecule has 7 heteroatoms. The first-order chi connectivity index (χ1) is 12.5. The third-order valence-corrected chi connectivity index (χ3v) is 3.70. The standard InChI is InChI=1S/C19H19F2NO4/c20-14-8-9-17(16(21)11-14)26-10-4-7-18(23)22-12-15(19(24)25)13-5-2-1-3-6-13/h1-3,5-6,8-9,11,15H,4,7,10,12H2,(H,22,23)(H,24,25). The van der Waals surface area contributed by atoms with Gasteiger partial charge in [0.05, 0.1) is 12.5 Å². The molecule has 2 aromatic rings. The molecule has 0 bridgehead atoms. The van der Waals surface area contributed by atoms with Gasteiger partial charge in [0.25, 0.3) is 0 Å². The van der Waals surface area contributed by atoms with E-state index in [0.29, 0.717) is 12.0 Å². The van der Waals surface area contributed by atoms with E-state index in [4.69, 9.17) is 4.74 Å². The average Bonchev–Trinajstić information content (AvgIpc) is 2.61. The topological polar surface area (TPSA) is 75.6 Å². The van der Waals surface area contributed by atoms with Gasteiger partial charge in [0.1, 0.15) is 5.82 Å². The summed E-state index contributed by atoms with van der Waals surface area (Å²) >= 11 is 0. The van der Waals surface area contributed by atoms with Crippen molar-refractivity contribution in [2.45, 2.75) is 18.8 Å². The highest BCUT2D eigenvalue weighted by Crippen LogP contribution is 2.18. The van der Waals surface area contributed by atoms with E-state index in [1.807, 2.05) is 0 Å². The van der Waals surface area contributed by atoms with Crippen molar-refractivity contribution < 1.29 is 28.2 Å². The highest BCUT2D eigenvalue weighted by molar-refractivity contribution is 5.79. The number of rotatable bonds is 9. The van der Waals surface area contributed by atoms with Crippen molar-refractivity contribution in [1.82, 2.24) is 5.32 Å². The molecule has 0 fully saturated rings. The van der Waals surface area contributed by atoms with E-state index in [9.17, 15) is 23.5 Å². The van der Waals surface area contributed by atoms with E-state index in [2.05, 4.69) is 5.32 Å². The fraction of sp³-hybridized carbons (Fsp3) is 0.263. The number of benzene rings is 2. The summed E-state index contributed by atoms with van der Waals surface area (Å²) in [6.07, 6.45) is 0.412. The first-order valence-corrected chi connectivity index (χ1v) is 8.09. The Hall–Kier alpha value is -2.96. The van der Waals surface area contributed by atoms with Gasteiger partial charge in [0.2, 0.25) is 5.91 Å². The summed E-state index contributed by atoms with van der Waals surface area (Å²) in [5.41, 5.74) is 0.607. The minimum absolute atomic E-state index is 0.0222. The number of aliphatic carboxylic acids is 1. The molecule has 0 heterocycles. The smallest absolute Gasteiger partial charge is 0.312 e. The van der Waals surface area contributed by atoms with Crippen LogP contribution in [0.3, 0.4) is 0 Å². The molecule has 1 unspecified atom stereocenters. The van der Waals surface area contributed by atoms with Crippen LogP contribution in [-0.2, 0) is 9.59 Å². The summed E-state index contributed by atoms with van der Waals surface area (Å²) in [4.78, 5) is 23.2. The Bertz CT molecular complexity index is 752. The first-order valence-electron chi connectivity index (χ1n) is 8.09. The lowest BCUT2D eigenvalue weighted by Crippen LogP contribution is -2.31. The van der Waals surface area contributed by atoms with Crippen molar-refractivity contribution in [2.75, 3.05) is 13.2 Å². The maximum atomic E-state index is 13.4. The number of carbonyl (C=O) groups is 2. The highest BCUT2D eigenvalue weighted by Gasteiger charge is 2.20. The quantitative estimate of drug-likeness (QED) is 0.672. The van der Waals surface area contributed by atoms with Crippen LogP contribution in [0.15, 0.2) is 48.5 Å². The molecule has 0 aromatic heterocycles. The van der Waals surface area contributed by atoms with Gasteiger partial charge in [-0.3, -0.25) is 9.59 Å². The molecular weight excluding hydrogens is 344 g/mol. The second kappa shape index (κ2) is 9.50. The zero-order chi connectivity index (χ0) is 18.9. The van der Waals surface area contributed by atoms with Crippen LogP contribution in [0.5, 0.6) is 5.75 Å². The first kappa shape index (κ1) is 19.4. The SMILES string of the molecule is O=C(CCCOc1ccc(F)cc1F)NCC(C(=O)O)c1ccccc1. The number of carboxylic acid groups (broad SMARTS) is 1. The van der Waals surface area contributed by atoms with Crippen LogP contribution >= 0.6 is 0 Å². The second-order valence-corrected chi connectivity index (χ2v) is 5.63. The van der Waals surface area contributed by atoms with Gasteiger partial charge in [-0.05, 0) is 24.1 Å². The summed E-state index contributed by atoms with van der Waals surface area (Å²) in [7, 11) is 0. The molecule has 26 heavy (non-hydrogen) atoms. The predicted molar refractivity (Wildman–Crippen MR) is 90.9 cm³/mol. The summed E-state index contributed by atoms with van der Waals surface area (Å²) in [5.74, 6) is -3.75. The highest BCUT2D eigenvalue weighted by atomic mass is 19.1. The average molecular weight is 363 g/mol. The summed E-state index contributed by atoms with van der Waals surface area (Å²) < 4.78 is 31.3. The van der Waals surface area contributed by atoms with Gasteiger partial charge >= 0.3 is 5.97 Å². The van der Waals surface area contributed by atoms with Crippen molar-refractivity contribution >= 4 is 11.9 Å². The van der Waals surface area contributed by atoms with Crippen LogP contribution in [0.25, 0.3) is 0 Å². The van der Waals surface area contributed by atoms with Crippen LogP contribution in [-0.4, -0.2) is 30.1 Å². The van der Waals surface area contributed by atoms with Gasteiger partial charge in [0, 0.05) is 19.0 Å². The molecule has 0 aliphatic rings. The number of amides is 1. The van der Waals surface area contributed by atoms with Gasteiger partial charge in [-0.2, -0.15) is 0 Å². The zero-order valence-corrected chi connectivity index (χ0v) is 14.0. The Morgan fingerprint density at radius 3 is 2.50 bits per heavy atom. The van der Waals surface area contributed by atoms with Crippen molar-refractivity contribution in [3.8, 4) is 5.75 Å². The number of halogens is 2. The van der Waals surface area contributed by atoms with E-state index in [1.54, 1.807) is 30.3 Å². The zero-order valence-electron chi connectivity index (χ0n) is 14.0. The summed E-state index contributed by atoms with van der Waals surface area (Å²) in [6, 6.07) is 11.6. The Morgan fingerprint density at radius 1 is 1.12 bits per heavy atom. The maximum Gasteiger partial charge on any atom is 0.312 e. The van der Waals surface area contributed by atoms with Crippen molar-refractivity contribution in [3.05, 3.63) is 65.7 Å². The van der Waals surface area contributed by atoms with Gasteiger partial charge in [-0.1, -0.05) is 30.3 Å².